The standard InChI is InChI=1S/C19H26FN3O3/c1-2-22(12-18(24)25)17-9-16(10-17)21-19(26)23-8-7-14(11-23)13-3-5-15(20)6-4-13/h3-6,14,16-17H,2,7-12H2,1H3,(H,21,26)(H,24,25). The predicted molar refractivity (Wildman–Crippen MR) is 95.6 cm³/mol. The SMILES string of the molecule is CCN(CC(=O)O)C1CC(NC(=O)N2CCC(c3ccc(F)cc3)C2)C1. The number of hydrogen-bond acceptors (Lipinski definition) is 3. The third-order valence-corrected chi connectivity index (χ3v) is 5.52. The van der Waals surface area contributed by atoms with E-state index in [9.17, 15) is 14.0 Å². The highest BCUT2D eigenvalue weighted by molar-refractivity contribution is 5.75. The van der Waals surface area contributed by atoms with Crippen LogP contribution in [0.25, 0.3) is 0 Å². The van der Waals surface area contributed by atoms with Crippen molar-refractivity contribution >= 4 is 12.0 Å². The fourth-order valence-corrected chi connectivity index (χ4v) is 3.89. The van der Waals surface area contributed by atoms with Crippen LogP contribution < -0.4 is 5.32 Å². The topological polar surface area (TPSA) is 72.9 Å². The number of carbonyl (C=O) groups excluding carboxylic acids is 1. The molecule has 1 saturated carbocycles. The summed E-state index contributed by atoms with van der Waals surface area (Å²) in [5.74, 6) is -0.810. The summed E-state index contributed by atoms with van der Waals surface area (Å²) in [4.78, 5) is 27.1. The summed E-state index contributed by atoms with van der Waals surface area (Å²) in [6.45, 7) is 4.04. The highest BCUT2D eigenvalue weighted by Crippen LogP contribution is 2.29. The molecule has 1 aromatic rings. The number of carboxylic acid groups (broad SMARTS) is 1. The molecule has 2 aliphatic rings. The smallest absolute Gasteiger partial charge is 0.317 e. The number of likely N-dealkylation sites (tertiary alicyclic amines) is 1. The van der Waals surface area contributed by atoms with Crippen molar-refractivity contribution in [1.82, 2.24) is 15.1 Å². The fraction of sp³-hybridized carbons (Fsp3) is 0.579. The van der Waals surface area contributed by atoms with E-state index in [0.29, 0.717) is 19.6 Å². The van der Waals surface area contributed by atoms with Crippen molar-refractivity contribution in [2.45, 2.75) is 44.2 Å². The summed E-state index contributed by atoms with van der Waals surface area (Å²) >= 11 is 0. The molecule has 26 heavy (non-hydrogen) atoms. The van der Waals surface area contributed by atoms with Gasteiger partial charge < -0.3 is 15.3 Å². The second-order valence-corrected chi connectivity index (χ2v) is 7.21. The Morgan fingerprint density at radius 3 is 2.62 bits per heavy atom. The molecule has 0 spiro atoms. The normalized spacial score (nSPS) is 25.2. The van der Waals surface area contributed by atoms with E-state index < -0.39 is 5.97 Å². The number of carbonyl (C=O) groups is 2. The van der Waals surface area contributed by atoms with Gasteiger partial charge in [-0.2, -0.15) is 0 Å². The first kappa shape index (κ1) is 18.6. The first-order valence-electron chi connectivity index (χ1n) is 9.23. The third kappa shape index (κ3) is 4.33. The Morgan fingerprint density at radius 1 is 1.31 bits per heavy atom. The average Bonchev–Trinajstić information content (AvgIpc) is 3.06. The summed E-state index contributed by atoms with van der Waals surface area (Å²) in [5.41, 5.74) is 1.07. The number of halogens is 1. The molecule has 1 atom stereocenters. The van der Waals surface area contributed by atoms with Gasteiger partial charge in [-0.15, -0.1) is 0 Å². The van der Waals surface area contributed by atoms with Crippen LogP contribution in [0.4, 0.5) is 9.18 Å². The number of nitrogens with one attached hydrogen (secondary N) is 1. The van der Waals surface area contributed by atoms with Gasteiger partial charge >= 0.3 is 12.0 Å². The molecule has 2 N–H and O–H groups in total. The van der Waals surface area contributed by atoms with Crippen molar-refractivity contribution in [3.63, 3.8) is 0 Å². The highest BCUT2D eigenvalue weighted by Gasteiger charge is 2.36. The zero-order chi connectivity index (χ0) is 18.7. The Kier molecular flexibility index (Phi) is 5.76. The number of amides is 2. The van der Waals surface area contributed by atoms with Gasteiger partial charge in [0.1, 0.15) is 5.82 Å². The molecular formula is C19H26FN3O3. The number of rotatable bonds is 6. The van der Waals surface area contributed by atoms with Crippen molar-refractivity contribution in [2.24, 2.45) is 0 Å². The van der Waals surface area contributed by atoms with Crippen LogP contribution in [0.15, 0.2) is 24.3 Å². The van der Waals surface area contributed by atoms with Crippen LogP contribution in [0.5, 0.6) is 0 Å². The lowest BCUT2D eigenvalue weighted by Crippen LogP contribution is -2.56. The van der Waals surface area contributed by atoms with Crippen molar-refractivity contribution in [3.05, 3.63) is 35.6 Å². The van der Waals surface area contributed by atoms with Crippen LogP contribution in [0.1, 0.15) is 37.7 Å². The van der Waals surface area contributed by atoms with Gasteiger partial charge in [-0.05, 0) is 43.5 Å². The number of urea groups is 1. The lowest BCUT2D eigenvalue weighted by molar-refractivity contribution is -0.139. The molecule has 6 nitrogen and oxygen atoms in total. The molecule has 1 unspecified atom stereocenters. The van der Waals surface area contributed by atoms with E-state index in [-0.39, 0.29) is 36.4 Å². The molecule has 0 aromatic heterocycles. The van der Waals surface area contributed by atoms with Gasteiger partial charge in [0.2, 0.25) is 0 Å². The van der Waals surface area contributed by atoms with Gasteiger partial charge in [-0.25, -0.2) is 9.18 Å². The third-order valence-electron chi connectivity index (χ3n) is 5.52. The van der Waals surface area contributed by atoms with Crippen molar-refractivity contribution in [2.75, 3.05) is 26.2 Å². The minimum absolute atomic E-state index is 0.0489. The van der Waals surface area contributed by atoms with E-state index in [4.69, 9.17) is 5.11 Å². The van der Waals surface area contributed by atoms with Crippen LogP contribution in [0.2, 0.25) is 0 Å². The van der Waals surface area contributed by atoms with E-state index in [1.807, 2.05) is 16.7 Å². The van der Waals surface area contributed by atoms with E-state index >= 15 is 0 Å². The molecule has 1 aliphatic heterocycles. The minimum atomic E-state index is -0.816. The quantitative estimate of drug-likeness (QED) is 0.813. The Labute approximate surface area is 153 Å². The monoisotopic (exact) mass is 363 g/mol. The Balaban J connectivity index is 1.44. The van der Waals surface area contributed by atoms with E-state index in [1.54, 1.807) is 12.1 Å². The first-order valence-corrected chi connectivity index (χ1v) is 9.23. The molecule has 1 aliphatic carbocycles. The van der Waals surface area contributed by atoms with Crippen LogP contribution in [-0.4, -0.2) is 65.2 Å². The summed E-state index contributed by atoms with van der Waals surface area (Å²) < 4.78 is 13.0. The van der Waals surface area contributed by atoms with Crippen molar-refractivity contribution < 1.29 is 19.1 Å². The van der Waals surface area contributed by atoms with Crippen LogP contribution >= 0.6 is 0 Å². The zero-order valence-corrected chi connectivity index (χ0v) is 15.0. The molecule has 1 aromatic carbocycles. The Hall–Kier alpha value is -2.15. The van der Waals surface area contributed by atoms with Crippen molar-refractivity contribution in [1.29, 1.82) is 0 Å². The number of nitrogens with zero attached hydrogens (tertiary/aromatic N) is 2. The maximum Gasteiger partial charge on any atom is 0.317 e. The molecular weight excluding hydrogens is 337 g/mol. The van der Waals surface area contributed by atoms with Gasteiger partial charge in [-0.3, -0.25) is 9.69 Å². The molecule has 142 valence electrons. The largest absolute Gasteiger partial charge is 0.480 e. The summed E-state index contributed by atoms with van der Waals surface area (Å²) in [7, 11) is 0. The average molecular weight is 363 g/mol. The Morgan fingerprint density at radius 2 is 2.00 bits per heavy atom. The molecule has 2 fully saturated rings. The lowest BCUT2D eigenvalue weighted by Gasteiger charge is -2.42. The van der Waals surface area contributed by atoms with Gasteiger partial charge in [0.15, 0.2) is 0 Å². The van der Waals surface area contributed by atoms with E-state index in [0.717, 1.165) is 24.8 Å². The lowest BCUT2D eigenvalue weighted by atomic mass is 9.85. The van der Waals surface area contributed by atoms with Crippen LogP contribution in [0, 0.1) is 5.82 Å². The van der Waals surface area contributed by atoms with Crippen molar-refractivity contribution in [3.8, 4) is 0 Å². The molecule has 0 radical (unpaired) electrons. The second-order valence-electron chi connectivity index (χ2n) is 7.21. The Bertz CT molecular complexity index is 646. The first-order chi connectivity index (χ1) is 12.5. The van der Waals surface area contributed by atoms with Gasteiger partial charge in [0, 0.05) is 31.1 Å². The van der Waals surface area contributed by atoms with Gasteiger partial charge in [0.05, 0.1) is 6.54 Å². The zero-order valence-electron chi connectivity index (χ0n) is 15.0. The minimum Gasteiger partial charge on any atom is -0.480 e. The summed E-state index contributed by atoms with van der Waals surface area (Å²) in [6, 6.07) is 6.79. The second kappa shape index (κ2) is 8.03. The van der Waals surface area contributed by atoms with Gasteiger partial charge in [-0.1, -0.05) is 19.1 Å². The number of aliphatic carboxylic acids is 1. The van der Waals surface area contributed by atoms with E-state index in [1.165, 1.54) is 12.1 Å². The van der Waals surface area contributed by atoms with E-state index in [2.05, 4.69) is 5.32 Å². The summed E-state index contributed by atoms with van der Waals surface area (Å²) in [5, 5.41) is 12.0. The molecule has 7 heteroatoms. The molecule has 1 heterocycles. The number of benzene rings is 1. The fourth-order valence-electron chi connectivity index (χ4n) is 3.89. The molecule has 3 rings (SSSR count). The van der Waals surface area contributed by atoms with Crippen LogP contribution in [-0.2, 0) is 4.79 Å². The number of carboxylic acids is 1. The molecule has 2 amide bonds. The highest BCUT2D eigenvalue weighted by atomic mass is 19.1. The maximum absolute atomic E-state index is 13.0. The summed E-state index contributed by atoms with van der Waals surface area (Å²) in [6.07, 6.45) is 2.47. The van der Waals surface area contributed by atoms with Gasteiger partial charge in [0.25, 0.3) is 0 Å². The number of likely N-dealkylation sites (N-methyl/N-ethyl adjacent to an activating group) is 1. The maximum atomic E-state index is 13.0. The molecule has 0 bridgehead atoms. The number of hydrogen-bond donors (Lipinski definition) is 2. The molecule has 1 saturated heterocycles. The van der Waals surface area contributed by atoms with Crippen LogP contribution in [0.3, 0.4) is 0 Å². The predicted octanol–water partition coefficient (Wildman–Crippen LogP) is 2.26.